The van der Waals surface area contributed by atoms with Gasteiger partial charge in [-0.05, 0) is 52.1 Å². The lowest BCUT2D eigenvalue weighted by Crippen LogP contribution is -2.05. The second-order valence-corrected chi connectivity index (χ2v) is 17.5. The molecule has 5 atom stereocenters. The fourth-order valence-electron chi connectivity index (χ4n) is 4.74. The van der Waals surface area contributed by atoms with Crippen molar-refractivity contribution in [2.45, 2.75) is 93.3 Å². The smallest absolute Gasteiger partial charge is 0.294 e. The van der Waals surface area contributed by atoms with Crippen LogP contribution >= 0.6 is 10.7 Å². The molecular formula is C45H49ClF6O7S2. The predicted molar refractivity (Wildman–Crippen MR) is 227 cm³/mol. The fraction of sp³-hybridized carbons (Fsp3) is 0.289. The molecule has 16 heteroatoms. The Kier molecular flexibility index (Phi) is 24.1. The molecule has 0 aromatic heterocycles. The molecule has 5 aromatic carbocycles. The van der Waals surface area contributed by atoms with Crippen LogP contribution in [0.3, 0.4) is 0 Å². The van der Waals surface area contributed by atoms with Crippen LogP contribution in [0.2, 0.25) is 0 Å². The van der Waals surface area contributed by atoms with Crippen molar-refractivity contribution in [1.82, 2.24) is 0 Å². The number of halogens is 7. The summed E-state index contributed by atoms with van der Waals surface area (Å²) in [5, 5.41) is 0. The predicted octanol–water partition coefficient (Wildman–Crippen LogP) is 12.3. The molecular weight excluding hydrogens is 866 g/mol. The zero-order valence-corrected chi connectivity index (χ0v) is 36.3. The summed E-state index contributed by atoms with van der Waals surface area (Å²) in [4.78, 5) is 20.2. The van der Waals surface area contributed by atoms with E-state index in [0.717, 1.165) is 35.8 Å². The minimum Gasteiger partial charge on any atom is -0.303 e. The van der Waals surface area contributed by atoms with Crippen molar-refractivity contribution < 1.29 is 57.3 Å². The van der Waals surface area contributed by atoms with E-state index in [0.29, 0.717) is 16.7 Å². The molecule has 0 aliphatic rings. The van der Waals surface area contributed by atoms with Gasteiger partial charge in [0, 0.05) is 40.3 Å². The normalized spacial score (nSPS) is 13.5. The highest BCUT2D eigenvalue weighted by molar-refractivity contribution is 8.13. The van der Waals surface area contributed by atoms with Crippen LogP contribution in [-0.4, -0.2) is 53.2 Å². The quantitative estimate of drug-likeness (QED) is 0.0572. The molecule has 1 N–H and O–H groups in total. The van der Waals surface area contributed by atoms with E-state index >= 15 is 0 Å². The summed E-state index contributed by atoms with van der Waals surface area (Å²) < 4.78 is 125. The number of aldehydes is 2. The van der Waals surface area contributed by atoms with Crippen LogP contribution < -0.4 is 0 Å². The van der Waals surface area contributed by atoms with Crippen molar-refractivity contribution in [1.29, 1.82) is 0 Å². The molecule has 0 spiro atoms. The second-order valence-electron chi connectivity index (χ2n) is 13.5. The van der Waals surface area contributed by atoms with Gasteiger partial charge in [0.05, 0.1) is 9.79 Å². The minimum absolute atomic E-state index is 0.0289. The standard InChI is InChI=1S/C9H9ClF2O2S.C9H10F2O3S.C9H10F2.2C9H10O/c1-6(9(11)12)7-2-4-8(5-3-7)15(10,13)14;1-6(9(10)11)7-2-4-8(5-3-7)15(12,13)14;1-7(9(10)11)8-5-3-2-4-6-8;2*1-8(7-10)9-5-3-2-4-6-9/h2-6,9H,1H3;2-6,9H,1H3,(H,12,13,14);2-7,9H,1H3;2*2-8H,1H3. The molecule has 0 amide bonds. The maximum Gasteiger partial charge on any atom is 0.294 e. The van der Waals surface area contributed by atoms with E-state index in [-0.39, 0.29) is 21.6 Å². The van der Waals surface area contributed by atoms with Gasteiger partial charge in [-0.15, -0.1) is 0 Å². The first-order chi connectivity index (χ1) is 28.5. The average Bonchev–Trinajstić information content (AvgIpc) is 3.26. The zero-order valence-electron chi connectivity index (χ0n) is 33.9. The Hall–Kier alpha value is -4.83. The van der Waals surface area contributed by atoms with Gasteiger partial charge < -0.3 is 9.59 Å². The van der Waals surface area contributed by atoms with Crippen LogP contribution in [0.15, 0.2) is 149 Å². The molecule has 5 aromatic rings. The number of rotatable bonds is 12. The summed E-state index contributed by atoms with van der Waals surface area (Å²) in [7, 11) is -2.96. The lowest BCUT2D eigenvalue weighted by atomic mass is 10.0. The van der Waals surface area contributed by atoms with E-state index in [4.69, 9.17) is 15.2 Å². The molecule has 0 aliphatic carbocycles. The summed E-state index contributed by atoms with van der Waals surface area (Å²) in [5.41, 5.74) is 3.57. The van der Waals surface area contributed by atoms with Gasteiger partial charge in [-0.3, -0.25) is 4.55 Å². The maximum absolute atomic E-state index is 12.3. The van der Waals surface area contributed by atoms with Crippen LogP contribution in [0, 0.1) is 0 Å². The van der Waals surface area contributed by atoms with E-state index in [9.17, 15) is 52.8 Å². The number of alkyl halides is 6. The monoisotopic (exact) mass is 914 g/mol. The summed E-state index contributed by atoms with van der Waals surface area (Å²) >= 11 is 0. The minimum atomic E-state index is -4.25. The topological polar surface area (TPSA) is 123 Å². The van der Waals surface area contributed by atoms with Crippen molar-refractivity contribution in [3.8, 4) is 0 Å². The SMILES string of the molecule is CC(C=O)c1ccccc1.CC(C=O)c1ccccc1.CC(c1ccc(S(=O)(=O)Cl)cc1)C(F)F.CC(c1ccc(S(=O)(=O)O)cc1)C(F)F.CC(c1ccccc1)C(F)F. The van der Waals surface area contributed by atoms with Crippen molar-refractivity contribution in [2.75, 3.05) is 0 Å². The average molecular weight is 915 g/mol. The third-order valence-electron chi connectivity index (χ3n) is 8.91. The number of carbonyl (C=O) groups excluding carboxylic acids is 2. The van der Waals surface area contributed by atoms with Crippen LogP contribution in [0.4, 0.5) is 26.3 Å². The molecule has 332 valence electrons. The van der Waals surface area contributed by atoms with Crippen LogP contribution in [0.1, 0.15) is 92.0 Å². The van der Waals surface area contributed by atoms with Gasteiger partial charge >= 0.3 is 0 Å². The molecule has 0 aliphatic heterocycles. The number of benzene rings is 5. The molecule has 0 saturated heterocycles. The summed E-state index contributed by atoms with van der Waals surface area (Å²) in [5.74, 6) is -2.48. The van der Waals surface area contributed by atoms with Gasteiger partial charge in [0.2, 0.25) is 19.3 Å². The van der Waals surface area contributed by atoms with Crippen LogP contribution in [0.5, 0.6) is 0 Å². The Morgan fingerprint density at radius 1 is 0.426 bits per heavy atom. The van der Waals surface area contributed by atoms with Crippen molar-refractivity contribution in [3.05, 3.63) is 167 Å². The molecule has 0 bridgehead atoms. The maximum atomic E-state index is 12.3. The lowest BCUT2D eigenvalue weighted by Gasteiger charge is -2.10. The van der Waals surface area contributed by atoms with Gasteiger partial charge in [0.25, 0.3) is 19.2 Å². The molecule has 5 unspecified atom stereocenters. The summed E-state index contributed by atoms with van der Waals surface area (Å²) in [6.07, 6.45) is -5.33. The Bertz CT molecular complexity index is 2070. The third-order valence-corrected chi connectivity index (χ3v) is 11.1. The van der Waals surface area contributed by atoms with E-state index < -0.39 is 56.2 Å². The fourth-order valence-corrected chi connectivity index (χ4v) is 5.99. The second kappa shape index (κ2) is 27.2. The largest absolute Gasteiger partial charge is 0.303 e. The first-order valence-electron chi connectivity index (χ1n) is 18.6. The lowest BCUT2D eigenvalue weighted by molar-refractivity contribution is -0.109. The highest BCUT2D eigenvalue weighted by atomic mass is 35.7. The van der Waals surface area contributed by atoms with Crippen LogP contribution in [0.25, 0.3) is 0 Å². The molecule has 5 rings (SSSR count). The van der Waals surface area contributed by atoms with Crippen molar-refractivity contribution >= 4 is 42.4 Å². The number of hydrogen-bond acceptors (Lipinski definition) is 6. The highest BCUT2D eigenvalue weighted by Gasteiger charge is 2.19. The van der Waals surface area contributed by atoms with Gasteiger partial charge in [0.15, 0.2) is 0 Å². The zero-order chi connectivity index (χ0) is 46.3. The molecule has 7 nitrogen and oxygen atoms in total. The van der Waals surface area contributed by atoms with E-state index in [1.807, 2.05) is 80.6 Å². The summed E-state index contributed by atoms with van der Waals surface area (Å²) in [6, 6.07) is 38.1. The molecule has 0 radical (unpaired) electrons. The van der Waals surface area contributed by atoms with Gasteiger partial charge in [-0.2, -0.15) is 8.42 Å². The van der Waals surface area contributed by atoms with Crippen molar-refractivity contribution in [2.24, 2.45) is 0 Å². The molecule has 61 heavy (non-hydrogen) atoms. The number of hydrogen-bond donors (Lipinski definition) is 1. The van der Waals surface area contributed by atoms with E-state index in [1.165, 1.54) is 57.2 Å². The van der Waals surface area contributed by atoms with Gasteiger partial charge in [-0.25, -0.2) is 34.8 Å². The van der Waals surface area contributed by atoms with E-state index in [2.05, 4.69) is 0 Å². The van der Waals surface area contributed by atoms with Crippen molar-refractivity contribution in [3.63, 3.8) is 0 Å². The van der Waals surface area contributed by atoms with E-state index in [1.54, 1.807) is 24.3 Å². The Balaban J connectivity index is 0.000000386. The van der Waals surface area contributed by atoms with Gasteiger partial charge in [-0.1, -0.05) is 150 Å². The first-order valence-corrected chi connectivity index (χ1v) is 22.3. The Morgan fingerprint density at radius 2 is 0.672 bits per heavy atom. The van der Waals surface area contributed by atoms with Gasteiger partial charge in [0.1, 0.15) is 12.6 Å². The summed E-state index contributed by atoms with van der Waals surface area (Å²) in [6.45, 7) is 8.02. The highest BCUT2D eigenvalue weighted by Crippen LogP contribution is 2.26. The first kappa shape index (κ1) is 54.2. The number of carbonyl (C=O) groups is 2. The third kappa shape index (κ3) is 20.5. The van der Waals surface area contributed by atoms with Crippen LogP contribution in [-0.2, 0) is 28.8 Å². The molecule has 0 fully saturated rings. The molecule has 0 heterocycles. The Labute approximate surface area is 359 Å². The molecule has 0 saturated carbocycles. The Morgan fingerprint density at radius 3 is 0.902 bits per heavy atom.